The second-order valence-corrected chi connectivity index (χ2v) is 7.99. The van der Waals surface area contributed by atoms with Crippen LogP contribution in [0.3, 0.4) is 0 Å². The third-order valence-corrected chi connectivity index (χ3v) is 5.04. The van der Waals surface area contributed by atoms with Crippen LogP contribution in [0.5, 0.6) is 5.75 Å². The summed E-state index contributed by atoms with van der Waals surface area (Å²) in [6.45, 7) is 0. The molecule has 0 atom stereocenters. The molecular formula is C20H19N3O4S. The summed E-state index contributed by atoms with van der Waals surface area (Å²) in [5, 5.41) is 5.81. The molecule has 28 heavy (non-hydrogen) atoms. The Hall–Kier alpha value is -3.39. The molecule has 3 rings (SSSR count). The number of para-hydroxylation sites is 2. The van der Waals surface area contributed by atoms with E-state index < -0.39 is 15.7 Å². The van der Waals surface area contributed by atoms with Crippen LogP contribution >= 0.6 is 0 Å². The van der Waals surface area contributed by atoms with Crippen LogP contribution in [-0.2, 0) is 9.84 Å². The number of hydrogen-bond donors (Lipinski definition) is 2. The monoisotopic (exact) mass is 397 g/mol. The molecule has 0 saturated carbocycles. The van der Waals surface area contributed by atoms with E-state index in [0.29, 0.717) is 28.5 Å². The van der Waals surface area contributed by atoms with Gasteiger partial charge in [0.25, 0.3) is 5.91 Å². The number of aromatic nitrogens is 1. The zero-order valence-electron chi connectivity index (χ0n) is 15.3. The van der Waals surface area contributed by atoms with Crippen LogP contribution in [-0.4, -0.2) is 32.7 Å². The van der Waals surface area contributed by atoms with Crippen molar-refractivity contribution in [2.24, 2.45) is 0 Å². The van der Waals surface area contributed by atoms with Crippen molar-refractivity contribution in [3.63, 3.8) is 0 Å². The molecule has 0 aliphatic carbocycles. The van der Waals surface area contributed by atoms with Gasteiger partial charge in [-0.2, -0.15) is 0 Å². The molecule has 0 saturated heterocycles. The number of amides is 1. The lowest BCUT2D eigenvalue weighted by molar-refractivity contribution is 0.102. The standard InChI is InChI=1S/C20H19N3O4S/c1-27-18-11-4-3-10-17(18)23-19-16(9-6-12-21-19)20(24)22-14-7-5-8-15(13-14)28(2,25)26/h3-13H,1-2H3,(H,21,23)(H,22,24). The lowest BCUT2D eigenvalue weighted by Gasteiger charge is -2.13. The molecule has 0 aliphatic rings. The minimum Gasteiger partial charge on any atom is -0.495 e. The van der Waals surface area contributed by atoms with Gasteiger partial charge < -0.3 is 15.4 Å². The second-order valence-electron chi connectivity index (χ2n) is 5.98. The Morgan fingerprint density at radius 2 is 1.82 bits per heavy atom. The van der Waals surface area contributed by atoms with E-state index in [1.807, 2.05) is 18.2 Å². The Labute approximate surface area is 163 Å². The lowest BCUT2D eigenvalue weighted by Crippen LogP contribution is -2.15. The minimum atomic E-state index is -3.37. The molecule has 1 amide bonds. The van der Waals surface area contributed by atoms with Crippen LogP contribution < -0.4 is 15.4 Å². The fraction of sp³-hybridized carbons (Fsp3) is 0.100. The van der Waals surface area contributed by atoms with Gasteiger partial charge in [0.05, 0.1) is 23.3 Å². The highest BCUT2D eigenvalue weighted by molar-refractivity contribution is 7.90. The first-order chi connectivity index (χ1) is 13.4. The average molecular weight is 397 g/mol. The number of hydrogen-bond acceptors (Lipinski definition) is 6. The van der Waals surface area contributed by atoms with Crippen LogP contribution in [0, 0.1) is 0 Å². The third kappa shape index (κ3) is 4.47. The number of carbonyl (C=O) groups is 1. The molecule has 144 valence electrons. The molecule has 2 aromatic carbocycles. The number of sulfone groups is 1. The Bertz CT molecular complexity index is 1110. The Morgan fingerprint density at radius 3 is 2.57 bits per heavy atom. The van der Waals surface area contributed by atoms with Gasteiger partial charge in [-0.1, -0.05) is 18.2 Å². The van der Waals surface area contributed by atoms with Crippen LogP contribution in [0.25, 0.3) is 0 Å². The smallest absolute Gasteiger partial charge is 0.259 e. The van der Waals surface area contributed by atoms with Gasteiger partial charge in [0, 0.05) is 18.1 Å². The van der Waals surface area contributed by atoms with Gasteiger partial charge in [0.2, 0.25) is 0 Å². The number of methoxy groups -OCH3 is 1. The van der Waals surface area contributed by atoms with Crippen molar-refractivity contribution in [1.29, 1.82) is 0 Å². The Balaban J connectivity index is 1.88. The van der Waals surface area contributed by atoms with Gasteiger partial charge in [-0.15, -0.1) is 0 Å². The van der Waals surface area contributed by atoms with Crippen molar-refractivity contribution in [2.45, 2.75) is 4.90 Å². The van der Waals surface area contributed by atoms with Crippen molar-refractivity contribution in [1.82, 2.24) is 4.98 Å². The van der Waals surface area contributed by atoms with Crippen LogP contribution in [0.2, 0.25) is 0 Å². The second kappa shape index (κ2) is 8.10. The highest BCUT2D eigenvalue weighted by Crippen LogP contribution is 2.28. The average Bonchev–Trinajstić information content (AvgIpc) is 2.68. The maximum Gasteiger partial charge on any atom is 0.259 e. The van der Waals surface area contributed by atoms with E-state index in [9.17, 15) is 13.2 Å². The summed E-state index contributed by atoms with van der Waals surface area (Å²) in [7, 11) is -1.82. The number of rotatable bonds is 6. The van der Waals surface area contributed by atoms with Crippen molar-refractivity contribution < 1.29 is 17.9 Å². The molecule has 7 nitrogen and oxygen atoms in total. The molecule has 0 bridgehead atoms. The number of nitrogens with zero attached hydrogens (tertiary/aromatic N) is 1. The van der Waals surface area contributed by atoms with E-state index in [-0.39, 0.29) is 4.90 Å². The quantitative estimate of drug-likeness (QED) is 0.661. The van der Waals surface area contributed by atoms with Gasteiger partial charge in [-0.05, 0) is 42.5 Å². The number of anilines is 3. The maximum atomic E-state index is 12.8. The van der Waals surface area contributed by atoms with Gasteiger partial charge in [-0.25, -0.2) is 13.4 Å². The highest BCUT2D eigenvalue weighted by atomic mass is 32.2. The third-order valence-electron chi connectivity index (χ3n) is 3.93. The zero-order chi connectivity index (χ0) is 20.1. The fourth-order valence-electron chi connectivity index (χ4n) is 2.57. The van der Waals surface area contributed by atoms with Gasteiger partial charge in [0.1, 0.15) is 11.6 Å². The summed E-state index contributed by atoms with van der Waals surface area (Å²) < 4.78 is 28.7. The van der Waals surface area contributed by atoms with E-state index in [1.165, 1.54) is 12.1 Å². The van der Waals surface area contributed by atoms with Crippen molar-refractivity contribution in [2.75, 3.05) is 24.0 Å². The summed E-state index contributed by atoms with van der Waals surface area (Å²) in [5.74, 6) is 0.542. The number of ether oxygens (including phenoxy) is 1. The SMILES string of the molecule is COc1ccccc1Nc1ncccc1C(=O)Nc1cccc(S(C)(=O)=O)c1. The molecule has 3 aromatic rings. The number of carbonyl (C=O) groups excluding carboxylic acids is 1. The summed E-state index contributed by atoms with van der Waals surface area (Å²) in [6.07, 6.45) is 2.68. The fourth-order valence-corrected chi connectivity index (χ4v) is 3.23. The Morgan fingerprint density at radius 1 is 1.04 bits per heavy atom. The summed E-state index contributed by atoms with van der Waals surface area (Å²) >= 11 is 0. The molecule has 8 heteroatoms. The summed E-state index contributed by atoms with van der Waals surface area (Å²) in [5.41, 5.74) is 1.34. The van der Waals surface area contributed by atoms with Gasteiger partial charge >= 0.3 is 0 Å². The van der Waals surface area contributed by atoms with Gasteiger partial charge in [-0.3, -0.25) is 4.79 Å². The molecule has 2 N–H and O–H groups in total. The zero-order valence-corrected chi connectivity index (χ0v) is 16.2. The first-order valence-electron chi connectivity index (χ1n) is 8.35. The van der Waals surface area contributed by atoms with E-state index in [4.69, 9.17) is 4.74 Å². The van der Waals surface area contributed by atoms with Gasteiger partial charge in [0.15, 0.2) is 9.84 Å². The van der Waals surface area contributed by atoms with Crippen molar-refractivity contribution in [3.05, 3.63) is 72.4 Å². The van der Waals surface area contributed by atoms with Crippen molar-refractivity contribution in [3.8, 4) is 5.75 Å². The topological polar surface area (TPSA) is 97.4 Å². The first-order valence-corrected chi connectivity index (χ1v) is 10.2. The van der Waals surface area contributed by atoms with E-state index in [0.717, 1.165) is 6.26 Å². The summed E-state index contributed by atoms with van der Waals surface area (Å²) in [4.78, 5) is 17.1. The van der Waals surface area contributed by atoms with Crippen molar-refractivity contribution >= 4 is 32.9 Å². The number of benzene rings is 2. The van der Waals surface area contributed by atoms with Crippen LogP contribution in [0.4, 0.5) is 17.2 Å². The molecule has 0 fully saturated rings. The largest absolute Gasteiger partial charge is 0.495 e. The summed E-state index contributed by atoms with van der Waals surface area (Å²) in [6, 6.07) is 16.6. The molecule has 0 spiro atoms. The number of pyridine rings is 1. The normalized spacial score (nSPS) is 10.9. The van der Waals surface area contributed by atoms with E-state index >= 15 is 0 Å². The minimum absolute atomic E-state index is 0.129. The predicted molar refractivity (Wildman–Crippen MR) is 108 cm³/mol. The molecule has 0 radical (unpaired) electrons. The molecular weight excluding hydrogens is 378 g/mol. The first kappa shape index (κ1) is 19.4. The lowest BCUT2D eigenvalue weighted by atomic mass is 10.2. The van der Waals surface area contributed by atoms with E-state index in [2.05, 4.69) is 15.6 Å². The van der Waals surface area contributed by atoms with Crippen LogP contribution in [0.15, 0.2) is 71.8 Å². The Kier molecular flexibility index (Phi) is 5.60. The molecule has 1 aromatic heterocycles. The molecule has 0 aliphatic heterocycles. The van der Waals surface area contributed by atoms with Crippen LogP contribution in [0.1, 0.15) is 10.4 Å². The molecule has 0 unspecified atom stereocenters. The molecule has 1 heterocycles. The number of nitrogens with one attached hydrogen (secondary N) is 2. The highest BCUT2D eigenvalue weighted by Gasteiger charge is 2.15. The predicted octanol–water partition coefficient (Wildman–Crippen LogP) is 3.49. The van der Waals surface area contributed by atoms with E-state index in [1.54, 1.807) is 43.6 Å². The maximum absolute atomic E-state index is 12.8.